The maximum atomic E-state index is 7.24. The van der Waals surface area contributed by atoms with Crippen LogP contribution in [0.15, 0.2) is 10.6 Å². The fourth-order valence-corrected chi connectivity index (χ4v) is 1.03. The number of hydrogen-bond donors (Lipinski definition) is 4. The van der Waals surface area contributed by atoms with E-state index in [1.807, 2.05) is 13.8 Å². The first-order valence-corrected chi connectivity index (χ1v) is 4.38. The minimum Gasteiger partial charge on any atom is -0.369 e. The standard InChI is InChI=1S/C8H14N6O/c1-4(2)5-3-6(13-15-5)14(7(9)10)8(11)12/h3-4H,1-2H3,(H3,9,10)(H3,11,12). The van der Waals surface area contributed by atoms with Gasteiger partial charge in [0.15, 0.2) is 5.82 Å². The number of hydrogen-bond acceptors (Lipinski definition) is 4. The average Bonchev–Trinajstić information content (AvgIpc) is 2.51. The molecule has 0 saturated heterocycles. The van der Waals surface area contributed by atoms with Crippen molar-refractivity contribution in [1.29, 1.82) is 10.8 Å². The van der Waals surface area contributed by atoms with Crippen molar-refractivity contribution in [2.24, 2.45) is 11.5 Å². The van der Waals surface area contributed by atoms with Gasteiger partial charge >= 0.3 is 0 Å². The molecule has 6 N–H and O–H groups in total. The van der Waals surface area contributed by atoms with E-state index in [0.29, 0.717) is 5.76 Å². The van der Waals surface area contributed by atoms with E-state index in [9.17, 15) is 0 Å². The molecule has 1 rings (SSSR count). The van der Waals surface area contributed by atoms with Crippen LogP contribution < -0.4 is 16.4 Å². The molecule has 0 radical (unpaired) electrons. The second kappa shape index (κ2) is 3.99. The van der Waals surface area contributed by atoms with Crippen LogP contribution in [0, 0.1) is 10.8 Å². The summed E-state index contributed by atoms with van der Waals surface area (Å²) in [5.41, 5.74) is 10.5. The lowest BCUT2D eigenvalue weighted by Gasteiger charge is -2.15. The summed E-state index contributed by atoms with van der Waals surface area (Å²) in [7, 11) is 0. The second-order valence-corrected chi connectivity index (χ2v) is 3.35. The molecule has 0 fully saturated rings. The molecular formula is C8H14N6O. The predicted octanol–water partition coefficient (Wildman–Crippen LogP) is 0.391. The molecule has 0 aliphatic carbocycles. The molecule has 0 unspecified atom stereocenters. The van der Waals surface area contributed by atoms with Crippen molar-refractivity contribution in [1.82, 2.24) is 5.16 Å². The van der Waals surface area contributed by atoms with E-state index in [1.165, 1.54) is 0 Å². The van der Waals surface area contributed by atoms with Crippen LogP contribution in [-0.4, -0.2) is 17.1 Å². The number of nitrogens with zero attached hydrogens (tertiary/aromatic N) is 2. The second-order valence-electron chi connectivity index (χ2n) is 3.35. The Balaban J connectivity index is 3.02. The van der Waals surface area contributed by atoms with Crippen molar-refractivity contribution in [3.05, 3.63) is 11.8 Å². The van der Waals surface area contributed by atoms with Crippen LogP contribution in [0.4, 0.5) is 5.82 Å². The van der Waals surface area contributed by atoms with Gasteiger partial charge in [-0.25, -0.2) is 4.90 Å². The molecule has 0 saturated carbocycles. The van der Waals surface area contributed by atoms with E-state index < -0.39 is 0 Å². The Bertz CT molecular complexity index is 368. The van der Waals surface area contributed by atoms with Gasteiger partial charge in [0.2, 0.25) is 11.9 Å². The van der Waals surface area contributed by atoms with E-state index >= 15 is 0 Å². The minimum absolute atomic E-state index is 0.173. The molecule has 0 bridgehead atoms. The van der Waals surface area contributed by atoms with Crippen molar-refractivity contribution >= 4 is 17.7 Å². The molecule has 0 aliphatic rings. The summed E-state index contributed by atoms with van der Waals surface area (Å²) in [5.74, 6) is 0.334. The molecule has 0 atom stereocenters. The number of nitrogens with one attached hydrogen (secondary N) is 2. The molecule has 1 aromatic heterocycles. The van der Waals surface area contributed by atoms with Gasteiger partial charge in [0.05, 0.1) is 0 Å². The number of rotatable bonds is 2. The fraction of sp³-hybridized carbons (Fsp3) is 0.375. The van der Waals surface area contributed by atoms with Gasteiger partial charge in [0, 0.05) is 12.0 Å². The van der Waals surface area contributed by atoms with E-state index in [0.717, 1.165) is 4.90 Å². The largest absolute Gasteiger partial charge is 0.369 e. The normalized spacial score (nSPS) is 10.3. The Labute approximate surface area is 87.0 Å². The van der Waals surface area contributed by atoms with Crippen LogP contribution in [0.3, 0.4) is 0 Å². The smallest absolute Gasteiger partial charge is 0.201 e. The van der Waals surface area contributed by atoms with Crippen LogP contribution in [0.5, 0.6) is 0 Å². The molecule has 1 heterocycles. The molecule has 0 spiro atoms. The number of aromatic nitrogens is 1. The predicted molar refractivity (Wildman–Crippen MR) is 56.9 cm³/mol. The van der Waals surface area contributed by atoms with Crippen LogP contribution in [0.1, 0.15) is 25.5 Å². The molecule has 7 heteroatoms. The SMILES string of the molecule is CC(C)c1cc(N(C(=N)N)C(=N)N)no1. The molecule has 1 aromatic rings. The van der Waals surface area contributed by atoms with E-state index in [2.05, 4.69) is 5.16 Å². The van der Waals surface area contributed by atoms with Gasteiger partial charge in [-0.15, -0.1) is 0 Å². The first kappa shape index (κ1) is 11.0. The molecule has 0 aromatic carbocycles. The van der Waals surface area contributed by atoms with Crippen molar-refractivity contribution in [2.75, 3.05) is 4.90 Å². The average molecular weight is 210 g/mol. The summed E-state index contributed by atoms with van der Waals surface area (Å²) < 4.78 is 5.01. The van der Waals surface area contributed by atoms with Gasteiger partial charge < -0.3 is 16.0 Å². The highest BCUT2D eigenvalue weighted by atomic mass is 16.5. The van der Waals surface area contributed by atoms with Gasteiger partial charge in [-0.3, -0.25) is 10.8 Å². The molecule has 82 valence electrons. The van der Waals surface area contributed by atoms with E-state index in [4.69, 9.17) is 26.8 Å². The fourth-order valence-electron chi connectivity index (χ4n) is 1.03. The van der Waals surface area contributed by atoms with Crippen LogP contribution in [-0.2, 0) is 0 Å². The lowest BCUT2D eigenvalue weighted by Crippen LogP contribution is -2.45. The van der Waals surface area contributed by atoms with Crippen molar-refractivity contribution in [3.8, 4) is 0 Å². The quantitative estimate of drug-likeness (QED) is 0.414. The first-order chi connectivity index (χ1) is 6.93. The zero-order chi connectivity index (χ0) is 11.6. The first-order valence-electron chi connectivity index (χ1n) is 4.38. The molecule has 7 nitrogen and oxygen atoms in total. The van der Waals surface area contributed by atoms with Crippen molar-refractivity contribution < 1.29 is 4.52 Å². The Hall–Kier alpha value is -2.05. The highest BCUT2D eigenvalue weighted by Gasteiger charge is 2.18. The monoisotopic (exact) mass is 210 g/mol. The Morgan fingerprint density at radius 3 is 2.27 bits per heavy atom. The highest BCUT2D eigenvalue weighted by Crippen LogP contribution is 2.20. The summed E-state index contributed by atoms with van der Waals surface area (Å²) >= 11 is 0. The van der Waals surface area contributed by atoms with Crippen molar-refractivity contribution in [2.45, 2.75) is 19.8 Å². The van der Waals surface area contributed by atoms with Crippen LogP contribution >= 0.6 is 0 Å². The van der Waals surface area contributed by atoms with Crippen LogP contribution in [0.25, 0.3) is 0 Å². The molecule has 0 amide bonds. The van der Waals surface area contributed by atoms with Gasteiger partial charge in [-0.1, -0.05) is 19.0 Å². The molecule has 15 heavy (non-hydrogen) atoms. The third-order valence-electron chi connectivity index (χ3n) is 1.80. The van der Waals surface area contributed by atoms with Crippen molar-refractivity contribution in [3.63, 3.8) is 0 Å². The Morgan fingerprint density at radius 1 is 1.40 bits per heavy atom. The summed E-state index contributed by atoms with van der Waals surface area (Å²) in [5, 5.41) is 18.2. The third-order valence-corrected chi connectivity index (χ3v) is 1.80. The summed E-state index contributed by atoms with van der Waals surface area (Å²) in [6.07, 6.45) is 0. The van der Waals surface area contributed by atoms with E-state index in [1.54, 1.807) is 6.07 Å². The van der Waals surface area contributed by atoms with Gasteiger partial charge in [-0.2, -0.15) is 0 Å². The maximum absolute atomic E-state index is 7.24. The minimum atomic E-state index is -0.369. The lowest BCUT2D eigenvalue weighted by atomic mass is 10.1. The number of nitrogens with two attached hydrogens (primary N) is 2. The van der Waals surface area contributed by atoms with Gasteiger partial charge in [0.1, 0.15) is 5.76 Å². The maximum Gasteiger partial charge on any atom is 0.201 e. The Morgan fingerprint density at radius 2 is 1.93 bits per heavy atom. The zero-order valence-corrected chi connectivity index (χ0v) is 8.61. The topological polar surface area (TPSA) is 129 Å². The third kappa shape index (κ3) is 2.25. The summed E-state index contributed by atoms with van der Waals surface area (Å²) in [6, 6.07) is 1.60. The van der Waals surface area contributed by atoms with Crippen LogP contribution in [0.2, 0.25) is 0 Å². The Kier molecular flexibility index (Phi) is 2.93. The summed E-state index contributed by atoms with van der Waals surface area (Å²) in [6.45, 7) is 3.88. The zero-order valence-electron chi connectivity index (χ0n) is 8.61. The number of guanidine groups is 2. The molecule has 0 aliphatic heterocycles. The molecular weight excluding hydrogens is 196 g/mol. The number of anilines is 1. The highest BCUT2D eigenvalue weighted by molar-refractivity contribution is 6.13. The lowest BCUT2D eigenvalue weighted by molar-refractivity contribution is 0.373. The summed E-state index contributed by atoms with van der Waals surface area (Å²) in [4.78, 5) is 0.982. The van der Waals surface area contributed by atoms with Gasteiger partial charge in [-0.05, 0) is 0 Å². The van der Waals surface area contributed by atoms with Gasteiger partial charge in [0.25, 0.3) is 0 Å². The van der Waals surface area contributed by atoms with E-state index in [-0.39, 0.29) is 23.7 Å².